The highest BCUT2D eigenvalue weighted by molar-refractivity contribution is 6.00. The number of Topliss-reactive ketones (excluding diaryl/α,β-unsaturated/α-hetero) is 1. The van der Waals surface area contributed by atoms with Gasteiger partial charge in [-0.05, 0) is 72.8 Å². The molecule has 0 aromatic rings. The van der Waals surface area contributed by atoms with Gasteiger partial charge in [0.15, 0.2) is 5.78 Å². The molecule has 36 heavy (non-hydrogen) atoms. The zero-order valence-electron chi connectivity index (χ0n) is 22.9. The summed E-state index contributed by atoms with van der Waals surface area (Å²) in [5, 5.41) is 34.0. The van der Waals surface area contributed by atoms with Gasteiger partial charge >= 0.3 is 5.97 Å². The van der Waals surface area contributed by atoms with Gasteiger partial charge in [0.25, 0.3) is 0 Å². The van der Waals surface area contributed by atoms with E-state index in [1.807, 2.05) is 26.8 Å². The summed E-state index contributed by atoms with van der Waals surface area (Å²) in [6, 6.07) is 0. The number of carbonyl (C=O) groups excluding carboxylic acids is 2. The minimum atomic E-state index is -0.811. The van der Waals surface area contributed by atoms with Gasteiger partial charge in [0.05, 0.1) is 18.3 Å². The summed E-state index contributed by atoms with van der Waals surface area (Å²) in [7, 11) is 0. The molecular weight excluding hydrogens is 456 g/mol. The van der Waals surface area contributed by atoms with Gasteiger partial charge in [0.2, 0.25) is 0 Å². The summed E-state index contributed by atoms with van der Waals surface area (Å²) >= 11 is 0. The van der Waals surface area contributed by atoms with E-state index in [-0.39, 0.29) is 53.9 Å². The smallest absolute Gasteiger partial charge is 0.334 e. The first-order valence-corrected chi connectivity index (χ1v) is 13.8. The SMILES string of the molecule is CC1=C[C@@H](C[C@@H](C)[C@H]2CC[C@@]3(C)C4=C([C@H](O)C[C@]23C)[C@@]2(C)[C@@H](O)C[C@@H](O)C(C)(C)[C@@H]2CC4=O)OC1=O. The minimum Gasteiger partial charge on any atom is -0.455 e. The molecule has 10 atom stereocenters. The van der Waals surface area contributed by atoms with Crippen LogP contribution in [-0.2, 0) is 14.3 Å². The molecule has 0 aromatic carbocycles. The summed E-state index contributed by atoms with van der Waals surface area (Å²) in [5.74, 6) is 0.119. The third kappa shape index (κ3) is 3.19. The predicted molar refractivity (Wildman–Crippen MR) is 136 cm³/mol. The first kappa shape index (κ1) is 26.1. The van der Waals surface area contributed by atoms with Crippen LogP contribution in [-0.4, -0.2) is 51.5 Å². The molecule has 2 saturated carbocycles. The molecule has 2 fully saturated rings. The van der Waals surface area contributed by atoms with Crippen molar-refractivity contribution in [2.75, 3.05) is 0 Å². The van der Waals surface area contributed by atoms with Gasteiger partial charge in [-0.1, -0.05) is 41.5 Å². The molecule has 3 N–H and O–H groups in total. The maximum absolute atomic E-state index is 14.0. The zero-order chi connectivity index (χ0) is 26.6. The van der Waals surface area contributed by atoms with Crippen molar-refractivity contribution >= 4 is 11.8 Å². The number of hydrogen-bond acceptors (Lipinski definition) is 6. The van der Waals surface area contributed by atoms with Gasteiger partial charge in [0.1, 0.15) is 6.10 Å². The fourth-order valence-corrected chi connectivity index (χ4v) is 9.60. The van der Waals surface area contributed by atoms with Crippen molar-refractivity contribution in [3.63, 3.8) is 0 Å². The maximum Gasteiger partial charge on any atom is 0.334 e. The molecule has 0 bridgehead atoms. The molecule has 0 saturated heterocycles. The number of aliphatic hydroxyl groups excluding tert-OH is 3. The molecule has 5 rings (SSSR count). The van der Waals surface area contributed by atoms with Crippen LogP contribution < -0.4 is 0 Å². The van der Waals surface area contributed by atoms with Gasteiger partial charge < -0.3 is 20.1 Å². The Labute approximate surface area is 215 Å². The molecule has 6 heteroatoms. The zero-order valence-corrected chi connectivity index (χ0v) is 22.9. The number of ether oxygens (including phenoxy) is 1. The van der Waals surface area contributed by atoms with Crippen LogP contribution >= 0.6 is 0 Å². The highest BCUT2D eigenvalue weighted by atomic mass is 16.5. The number of rotatable bonds is 3. The number of aliphatic hydroxyl groups is 3. The van der Waals surface area contributed by atoms with Crippen LogP contribution in [0.5, 0.6) is 0 Å². The highest BCUT2D eigenvalue weighted by Crippen LogP contribution is 2.71. The van der Waals surface area contributed by atoms with E-state index in [0.717, 1.165) is 30.4 Å². The second-order valence-corrected chi connectivity index (χ2v) is 14.0. The molecule has 0 unspecified atom stereocenters. The molecule has 0 radical (unpaired) electrons. The van der Waals surface area contributed by atoms with E-state index in [1.54, 1.807) is 6.92 Å². The van der Waals surface area contributed by atoms with E-state index < -0.39 is 34.6 Å². The van der Waals surface area contributed by atoms with Gasteiger partial charge in [-0.25, -0.2) is 4.79 Å². The second kappa shape index (κ2) is 8.00. The average molecular weight is 501 g/mol. The first-order valence-electron chi connectivity index (χ1n) is 13.8. The number of ketones is 1. The van der Waals surface area contributed by atoms with E-state index >= 15 is 0 Å². The van der Waals surface area contributed by atoms with Crippen LogP contribution in [0.4, 0.5) is 0 Å². The number of allylic oxidation sites excluding steroid dienone is 1. The lowest BCUT2D eigenvalue weighted by Crippen LogP contribution is -2.64. The van der Waals surface area contributed by atoms with E-state index in [1.165, 1.54) is 0 Å². The van der Waals surface area contributed by atoms with Crippen molar-refractivity contribution < 1.29 is 29.6 Å². The Morgan fingerprint density at radius 2 is 1.75 bits per heavy atom. The Hall–Kier alpha value is -1.50. The van der Waals surface area contributed by atoms with Gasteiger partial charge in [-0.2, -0.15) is 0 Å². The molecule has 200 valence electrons. The van der Waals surface area contributed by atoms with E-state index in [0.29, 0.717) is 12.0 Å². The summed E-state index contributed by atoms with van der Waals surface area (Å²) in [6.07, 6.45) is 3.01. The largest absolute Gasteiger partial charge is 0.455 e. The van der Waals surface area contributed by atoms with Crippen LogP contribution in [0.1, 0.15) is 87.0 Å². The molecule has 1 aliphatic heterocycles. The summed E-state index contributed by atoms with van der Waals surface area (Å²) in [4.78, 5) is 25.9. The van der Waals surface area contributed by atoms with Crippen molar-refractivity contribution in [3.8, 4) is 0 Å². The van der Waals surface area contributed by atoms with Gasteiger partial charge in [-0.3, -0.25) is 4.79 Å². The van der Waals surface area contributed by atoms with Crippen LogP contribution in [0, 0.1) is 39.4 Å². The quantitative estimate of drug-likeness (QED) is 0.504. The number of esters is 1. The molecule has 1 heterocycles. The molecule has 4 aliphatic carbocycles. The maximum atomic E-state index is 14.0. The topological polar surface area (TPSA) is 104 Å². The number of cyclic esters (lactones) is 1. The second-order valence-electron chi connectivity index (χ2n) is 14.0. The van der Waals surface area contributed by atoms with Crippen molar-refractivity contribution in [2.24, 2.45) is 39.4 Å². The lowest BCUT2D eigenvalue weighted by Gasteiger charge is -2.63. The molecule has 6 nitrogen and oxygen atoms in total. The first-order chi connectivity index (χ1) is 16.6. The summed E-state index contributed by atoms with van der Waals surface area (Å²) in [6.45, 7) is 14.4. The number of hydrogen-bond donors (Lipinski definition) is 3. The summed E-state index contributed by atoms with van der Waals surface area (Å²) in [5.41, 5.74) is 0.176. The third-order valence-corrected chi connectivity index (χ3v) is 12.0. The van der Waals surface area contributed by atoms with Crippen LogP contribution in [0.2, 0.25) is 0 Å². The van der Waals surface area contributed by atoms with Crippen LogP contribution in [0.3, 0.4) is 0 Å². The van der Waals surface area contributed by atoms with E-state index in [2.05, 4.69) is 20.8 Å². The standard InChI is InChI=1S/C30H44O6/c1-15(10-17-11-16(2)26(35)36-17)18-8-9-28(5)24-19(31)12-21-27(3,4)22(33)13-23(34)30(21,7)25(24)20(32)14-29(18,28)6/h11,15,17-18,20-23,32-34H,8-10,12-14H2,1-7H3/t15-,17-,18-,20-,21+,22-,23+,28+,29-,30-/m1/s1. The Kier molecular flexibility index (Phi) is 5.81. The lowest BCUT2D eigenvalue weighted by molar-refractivity contribution is -0.167. The van der Waals surface area contributed by atoms with Crippen LogP contribution in [0.15, 0.2) is 22.8 Å². The van der Waals surface area contributed by atoms with Crippen molar-refractivity contribution in [1.82, 2.24) is 0 Å². The third-order valence-electron chi connectivity index (χ3n) is 12.0. The molecular formula is C30H44O6. The van der Waals surface area contributed by atoms with Gasteiger partial charge in [0, 0.05) is 34.8 Å². The predicted octanol–water partition coefficient (Wildman–Crippen LogP) is 4.12. The van der Waals surface area contributed by atoms with Crippen molar-refractivity contribution in [3.05, 3.63) is 22.8 Å². The fraction of sp³-hybridized carbons (Fsp3) is 0.800. The van der Waals surface area contributed by atoms with Crippen LogP contribution in [0.25, 0.3) is 0 Å². The van der Waals surface area contributed by atoms with E-state index in [4.69, 9.17) is 4.74 Å². The normalized spacial score (nSPS) is 48.7. The van der Waals surface area contributed by atoms with E-state index in [9.17, 15) is 24.9 Å². The molecule has 5 aliphatic rings. The highest BCUT2D eigenvalue weighted by Gasteiger charge is 2.68. The Bertz CT molecular complexity index is 1060. The Morgan fingerprint density at radius 1 is 1.08 bits per heavy atom. The molecule has 0 amide bonds. The number of fused-ring (bicyclic) bond motifs is 4. The van der Waals surface area contributed by atoms with Crippen molar-refractivity contribution in [2.45, 2.75) is 111 Å². The lowest BCUT2D eigenvalue weighted by atomic mass is 9.42. The van der Waals surface area contributed by atoms with Crippen molar-refractivity contribution in [1.29, 1.82) is 0 Å². The number of carbonyl (C=O) groups is 2. The molecule has 0 aromatic heterocycles. The minimum absolute atomic E-state index is 0.0749. The van der Waals surface area contributed by atoms with Gasteiger partial charge in [-0.15, -0.1) is 0 Å². The Balaban J connectivity index is 1.55. The average Bonchev–Trinajstić information content (AvgIpc) is 3.23. The fourth-order valence-electron chi connectivity index (χ4n) is 9.60. The summed E-state index contributed by atoms with van der Waals surface area (Å²) < 4.78 is 5.54. The Morgan fingerprint density at radius 3 is 2.36 bits per heavy atom. The molecule has 0 spiro atoms. The monoisotopic (exact) mass is 500 g/mol.